The first kappa shape index (κ1) is 29.3. The maximum absolute atomic E-state index is 4.90. The van der Waals surface area contributed by atoms with Crippen molar-refractivity contribution in [2.45, 2.75) is 6.92 Å². The van der Waals surface area contributed by atoms with Crippen molar-refractivity contribution in [1.29, 1.82) is 0 Å². The van der Waals surface area contributed by atoms with E-state index in [9.17, 15) is 0 Å². The van der Waals surface area contributed by atoms with Gasteiger partial charge < -0.3 is 0 Å². The van der Waals surface area contributed by atoms with Crippen LogP contribution in [0.25, 0.3) is 0 Å². The average molecular weight is 171 g/mol. The molecule has 7 heteroatoms. The van der Waals surface area contributed by atoms with E-state index in [1.165, 1.54) is 0 Å². The number of hydrazine groups is 2. The van der Waals surface area contributed by atoms with Crippen molar-refractivity contribution in [3.05, 3.63) is 0 Å². The Morgan fingerprint density at radius 1 is 1.00 bits per heavy atom. The van der Waals surface area contributed by atoms with Crippen LogP contribution in [0.2, 0.25) is 0 Å². The van der Waals surface area contributed by atoms with Gasteiger partial charge in [0.05, 0.1) is 0 Å². The van der Waals surface area contributed by atoms with Gasteiger partial charge in [-0.3, -0.25) is 11.7 Å². The molecule has 0 aliphatic carbocycles. The van der Waals surface area contributed by atoms with E-state index in [4.69, 9.17) is 11.7 Å². The van der Waals surface area contributed by atoms with E-state index < -0.39 is 0 Å². The molecule has 0 unspecified atom stereocenters. The molecule has 0 aliphatic rings. The molecule has 0 bridgehead atoms. The van der Waals surface area contributed by atoms with E-state index >= 15 is 0 Å². The Labute approximate surface area is 145 Å². The molecule has 9 heavy (non-hydrogen) atoms. The van der Waals surface area contributed by atoms with Gasteiger partial charge in [-0.15, -0.1) is 0 Å². The topological polar surface area (TPSA) is 55.3 Å². The third-order valence-corrected chi connectivity index (χ3v) is 0.365. The molecule has 0 spiro atoms. The van der Waals surface area contributed by atoms with Gasteiger partial charge >= 0.3 is 118 Å². The Balaban J connectivity index is -0.0000000133. The number of nitrogens with zero attached hydrogens (tertiary/aromatic N) is 1. The summed E-state index contributed by atoms with van der Waals surface area (Å²) in [5.41, 5.74) is 0. The summed E-state index contributed by atoms with van der Waals surface area (Å²) in [6.45, 7) is 2.57. The molecule has 0 aliphatic heterocycles. The third kappa shape index (κ3) is 33.5. The van der Waals surface area contributed by atoms with Crippen LogP contribution in [0.1, 0.15) is 6.92 Å². The minimum absolute atomic E-state index is 0. The first-order valence-corrected chi connectivity index (χ1v) is 1.54. The van der Waals surface area contributed by atoms with Crippen molar-refractivity contribution in [2.75, 3.05) is 6.54 Å². The van der Waals surface area contributed by atoms with E-state index in [-0.39, 0.29) is 118 Å². The van der Waals surface area contributed by atoms with Crippen LogP contribution in [0.4, 0.5) is 0 Å². The summed E-state index contributed by atoms with van der Waals surface area (Å²) in [6, 6.07) is 0. The van der Waals surface area contributed by atoms with E-state index in [0.717, 1.165) is 5.12 Å². The van der Waals surface area contributed by atoms with Gasteiger partial charge in [-0.25, -0.2) is 0 Å². The van der Waals surface area contributed by atoms with Crippen LogP contribution in [0, 0.1) is 0 Å². The molecule has 0 aromatic carbocycles. The Morgan fingerprint density at radius 2 is 1.11 bits per heavy atom. The normalized spacial score (nSPS) is 5.33. The van der Waals surface area contributed by atoms with Crippen molar-refractivity contribution in [2.24, 2.45) is 11.7 Å². The molecule has 0 saturated carbocycles. The van der Waals surface area contributed by atoms with Crippen molar-refractivity contribution in [1.82, 2.24) is 5.12 Å². The summed E-state index contributed by atoms with van der Waals surface area (Å²) in [7, 11) is 0. The zero-order chi connectivity index (χ0) is 4.28. The van der Waals surface area contributed by atoms with Gasteiger partial charge in [0.2, 0.25) is 0 Å². The Hall–Kier alpha value is 3.88. The second kappa shape index (κ2) is 22.6. The zero-order valence-electron chi connectivity index (χ0n) is 3.31. The molecule has 0 aromatic heterocycles. The van der Waals surface area contributed by atoms with Gasteiger partial charge in [-0.1, -0.05) is 0 Å². The molecule has 0 aromatic rings. The molecule has 3 nitrogen and oxygen atoms in total. The quantitative estimate of drug-likeness (QED) is 0.244. The summed E-state index contributed by atoms with van der Waals surface area (Å²) in [5.74, 6) is 9.81. The zero-order valence-corrected chi connectivity index (χ0v) is 3.31. The van der Waals surface area contributed by atoms with Gasteiger partial charge in [0.1, 0.15) is 0 Å². The summed E-state index contributed by atoms with van der Waals surface area (Å²) in [4.78, 5) is 0. The second-order valence-electron chi connectivity index (χ2n) is 0.830. The summed E-state index contributed by atoms with van der Waals surface area (Å²) in [5, 5.41) is 1.12. The Bertz CT molecular complexity index is 27.8. The van der Waals surface area contributed by atoms with Gasteiger partial charge in [-0.2, -0.15) is 5.12 Å². The van der Waals surface area contributed by atoms with E-state index in [0.29, 0.717) is 6.54 Å². The first-order valence-electron chi connectivity index (χ1n) is 1.54. The standard InChI is InChI=1S/C2H9N3.4Na.4H/c1-2-5(3)4;;;;;;;;/h2-4H2,1H3;;;;;;;;. The van der Waals surface area contributed by atoms with E-state index in [1.807, 2.05) is 6.92 Å². The van der Waals surface area contributed by atoms with Crippen LogP contribution in [0.15, 0.2) is 0 Å². The fourth-order valence-electron chi connectivity index (χ4n) is 0. The Kier molecular flexibility index (Phi) is 73.7. The van der Waals surface area contributed by atoms with E-state index in [2.05, 4.69) is 0 Å². The van der Waals surface area contributed by atoms with Crippen LogP contribution in [-0.2, 0) is 0 Å². The number of hydrogen-bond acceptors (Lipinski definition) is 3. The molecular weight excluding hydrogens is 158 g/mol. The van der Waals surface area contributed by atoms with Crippen LogP contribution >= 0.6 is 0 Å². The molecule has 0 fully saturated rings. The average Bonchev–Trinajstić information content (AvgIpc) is 1.38. The molecule has 0 radical (unpaired) electrons. The summed E-state index contributed by atoms with van der Waals surface area (Å²) in [6.07, 6.45) is 0. The molecule has 0 heterocycles. The molecular formula is C2H13N3Na4. The van der Waals surface area contributed by atoms with Gasteiger partial charge in [0.15, 0.2) is 0 Å². The number of rotatable bonds is 1. The molecule has 4 N–H and O–H groups in total. The monoisotopic (exact) mass is 171 g/mol. The van der Waals surface area contributed by atoms with Crippen LogP contribution in [0.5, 0.6) is 0 Å². The Morgan fingerprint density at radius 3 is 1.11 bits per heavy atom. The summed E-state index contributed by atoms with van der Waals surface area (Å²) >= 11 is 0. The SMILES string of the molecule is CCN(N)N.[NaH].[NaH].[NaH].[NaH]. The number of nitrogens with two attached hydrogens (primary N) is 2. The van der Waals surface area contributed by atoms with Crippen molar-refractivity contribution < 1.29 is 0 Å². The van der Waals surface area contributed by atoms with Gasteiger partial charge in [-0.05, 0) is 6.92 Å². The molecule has 40 valence electrons. The fraction of sp³-hybridized carbons (Fsp3) is 1.00. The first-order chi connectivity index (χ1) is 2.27. The molecule has 0 atom stereocenters. The molecule has 0 rings (SSSR count). The van der Waals surface area contributed by atoms with E-state index in [1.54, 1.807) is 0 Å². The van der Waals surface area contributed by atoms with Crippen LogP contribution in [0.3, 0.4) is 0 Å². The van der Waals surface area contributed by atoms with Crippen LogP contribution in [-0.4, -0.2) is 130 Å². The molecule has 0 amide bonds. The van der Waals surface area contributed by atoms with Crippen LogP contribution < -0.4 is 11.7 Å². The third-order valence-electron chi connectivity index (χ3n) is 0.365. The predicted octanol–water partition coefficient (Wildman–Crippen LogP) is -3.54. The fourth-order valence-corrected chi connectivity index (χ4v) is 0. The van der Waals surface area contributed by atoms with Crippen molar-refractivity contribution in [3.63, 3.8) is 0 Å². The van der Waals surface area contributed by atoms with Gasteiger partial charge in [0.25, 0.3) is 0 Å². The maximum atomic E-state index is 4.90. The van der Waals surface area contributed by atoms with Crippen molar-refractivity contribution in [3.8, 4) is 0 Å². The van der Waals surface area contributed by atoms with Crippen molar-refractivity contribution >= 4 is 118 Å². The van der Waals surface area contributed by atoms with Gasteiger partial charge in [0, 0.05) is 6.54 Å². The summed E-state index contributed by atoms with van der Waals surface area (Å²) < 4.78 is 0. The second-order valence-corrected chi connectivity index (χ2v) is 0.830. The minimum atomic E-state index is 0. The number of hydrogen-bond donors (Lipinski definition) is 2. The predicted molar refractivity (Wildman–Crippen MR) is 49.4 cm³/mol. The molecule has 0 saturated heterocycles.